The lowest BCUT2D eigenvalue weighted by molar-refractivity contribution is 0.176. The first-order valence-corrected chi connectivity index (χ1v) is 8.05. The molecule has 5 nitrogen and oxygen atoms in total. The SMILES string of the molecule is [CH2]c1csc(CNC[C@H](O)c2ccc(O)c3[nH]c(=O)ccc23)c1. The zero-order chi connectivity index (χ0) is 16.4. The maximum absolute atomic E-state index is 11.4. The minimum absolute atomic E-state index is 0.0110. The minimum Gasteiger partial charge on any atom is -0.506 e. The summed E-state index contributed by atoms with van der Waals surface area (Å²) in [5, 5.41) is 26.1. The fourth-order valence-corrected chi connectivity index (χ4v) is 3.29. The second-order valence-electron chi connectivity index (χ2n) is 5.35. The Morgan fingerprint density at radius 3 is 2.87 bits per heavy atom. The van der Waals surface area contributed by atoms with Crippen LogP contribution in [0.25, 0.3) is 10.9 Å². The number of aromatic nitrogens is 1. The molecule has 23 heavy (non-hydrogen) atoms. The van der Waals surface area contributed by atoms with Crippen molar-refractivity contribution in [3.8, 4) is 5.75 Å². The van der Waals surface area contributed by atoms with Gasteiger partial charge in [0.1, 0.15) is 5.75 Å². The normalized spacial score (nSPS) is 12.6. The number of hydrogen-bond acceptors (Lipinski definition) is 5. The Bertz CT molecular complexity index is 885. The molecule has 0 spiro atoms. The van der Waals surface area contributed by atoms with Gasteiger partial charge in [-0.05, 0) is 41.6 Å². The number of rotatable bonds is 5. The van der Waals surface area contributed by atoms with E-state index >= 15 is 0 Å². The topological polar surface area (TPSA) is 85.3 Å². The lowest BCUT2D eigenvalue weighted by Gasteiger charge is -2.15. The van der Waals surface area contributed by atoms with Crippen molar-refractivity contribution < 1.29 is 10.2 Å². The van der Waals surface area contributed by atoms with Gasteiger partial charge in [-0.3, -0.25) is 4.79 Å². The van der Waals surface area contributed by atoms with E-state index in [1.165, 1.54) is 12.1 Å². The van der Waals surface area contributed by atoms with Gasteiger partial charge >= 0.3 is 0 Å². The first kappa shape index (κ1) is 15.7. The predicted octanol–water partition coefficient (Wildman–Crippen LogP) is 2.30. The van der Waals surface area contributed by atoms with Crippen molar-refractivity contribution in [1.82, 2.24) is 10.3 Å². The van der Waals surface area contributed by atoms with E-state index in [1.54, 1.807) is 23.5 Å². The second-order valence-corrected chi connectivity index (χ2v) is 6.35. The molecule has 0 amide bonds. The van der Waals surface area contributed by atoms with Crippen LogP contribution in [0.5, 0.6) is 5.75 Å². The number of phenols is 1. The van der Waals surface area contributed by atoms with Crippen LogP contribution in [-0.4, -0.2) is 21.7 Å². The number of aliphatic hydroxyl groups is 1. The molecule has 0 fully saturated rings. The summed E-state index contributed by atoms with van der Waals surface area (Å²) in [7, 11) is 0. The highest BCUT2D eigenvalue weighted by Crippen LogP contribution is 2.28. The van der Waals surface area contributed by atoms with Gasteiger partial charge in [0.25, 0.3) is 0 Å². The maximum atomic E-state index is 11.4. The molecule has 3 aromatic rings. The van der Waals surface area contributed by atoms with Crippen LogP contribution < -0.4 is 10.9 Å². The molecular weight excluding hydrogens is 312 g/mol. The van der Waals surface area contributed by atoms with Crippen molar-refractivity contribution in [1.29, 1.82) is 0 Å². The average Bonchev–Trinajstić information content (AvgIpc) is 2.93. The van der Waals surface area contributed by atoms with Crippen LogP contribution in [0.2, 0.25) is 0 Å². The summed E-state index contributed by atoms with van der Waals surface area (Å²) >= 11 is 1.62. The third-order valence-electron chi connectivity index (χ3n) is 3.61. The summed E-state index contributed by atoms with van der Waals surface area (Å²) < 4.78 is 0. The van der Waals surface area contributed by atoms with Gasteiger partial charge in [-0.2, -0.15) is 0 Å². The van der Waals surface area contributed by atoms with Crippen LogP contribution >= 0.6 is 11.3 Å². The zero-order valence-electron chi connectivity index (χ0n) is 12.4. The Labute approximate surface area is 137 Å². The second kappa shape index (κ2) is 6.54. The molecule has 3 rings (SSSR count). The minimum atomic E-state index is -0.747. The van der Waals surface area contributed by atoms with Gasteiger partial charge in [-0.15, -0.1) is 11.3 Å². The van der Waals surface area contributed by atoms with Gasteiger partial charge in [0.05, 0.1) is 11.6 Å². The lowest BCUT2D eigenvalue weighted by atomic mass is 10.0. The number of aliphatic hydroxyl groups excluding tert-OH is 1. The quantitative estimate of drug-likeness (QED) is 0.579. The van der Waals surface area contributed by atoms with E-state index in [4.69, 9.17) is 0 Å². The molecule has 0 bridgehead atoms. The predicted molar refractivity (Wildman–Crippen MR) is 91.7 cm³/mol. The molecule has 119 valence electrons. The number of hydrogen-bond donors (Lipinski definition) is 4. The number of nitrogens with one attached hydrogen (secondary N) is 2. The highest BCUT2D eigenvalue weighted by atomic mass is 32.1. The number of pyridine rings is 1. The number of aromatic amines is 1. The van der Waals surface area contributed by atoms with Crippen molar-refractivity contribution in [2.45, 2.75) is 12.6 Å². The lowest BCUT2D eigenvalue weighted by Crippen LogP contribution is -2.21. The molecule has 0 unspecified atom stereocenters. The first-order chi connectivity index (χ1) is 11.0. The molecular formula is C17H17N2O3S. The number of fused-ring (bicyclic) bond motifs is 1. The number of thiophene rings is 1. The van der Waals surface area contributed by atoms with Gasteiger partial charge in [0, 0.05) is 29.4 Å². The van der Waals surface area contributed by atoms with Crippen LogP contribution in [0.3, 0.4) is 0 Å². The number of phenolic OH excluding ortho intramolecular Hbond substituents is 1. The standard InChI is InChI=1S/C17H17N2O3S/c1-10-6-11(23-9-10)7-18-8-15(21)12-2-4-14(20)17-13(12)3-5-16(22)19-17/h2-6,9,15,18,20-21H,1,7-8H2,(H,19,22)/t15-/m0/s1. The molecule has 0 aliphatic heterocycles. The number of aromatic hydroxyl groups is 1. The summed E-state index contributed by atoms with van der Waals surface area (Å²) in [5.41, 5.74) is 1.69. The van der Waals surface area contributed by atoms with Crippen molar-refractivity contribution in [2.75, 3.05) is 6.54 Å². The van der Waals surface area contributed by atoms with E-state index in [1.807, 2.05) is 11.4 Å². The summed E-state index contributed by atoms with van der Waals surface area (Å²) in [6.45, 7) is 4.88. The Kier molecular flexibility index (Phi) is 4.47. The molecule has 1 atom stereocenters. The van der Waals surface area contributed by atoms with E-state index in [9.17, 15) is 15.0 Å². The fraction of sp³-hybridized carbons (Fsp3) is 0.176. The van der Waals surface area contributed by atoms with Gasteiger partial charge in [-0.25, -0.2) is 0 Å². The van der Waals surface area contributed by atoms with Crippen LogP contribution in [-0.2, 0) is 6.54 Å². The molecule has 2 aromatic heterocycles. The smallest absolute Gasteiger partial charge is 0.248 e. The maximum Gasteiger partial charge on any atom is 0.248 e. The van der Waals surface area contributed by atoms with Crippen molar-refractivity contribution in [3.63, 3.8) is 0 Å². The summed E-state index contributed by atoms with van der Waals surface area (Å²) in [6, 6.07) is 8.14. The summed E-state index contributed by atoms with van der Waals surface area (Å²) in [4.78, 5) is 15.2. The summed E-state index contributed by atoms with van der Waals surface area (Å²) in [5.74, 6) is -0.0110. The monoisotopic (exact) mass is 329 g/mol. The summed E-state index contributed by atoms with van der Waals surface area (Å²) in [6.07, 6.45) is -0.747. The third kappa shape index (κ3) is 3.44. The molecule has 0 saturated carbocycles. The largest absolute Gasteiger partial charge is 0.506 e. The molecule has 1 aromatic carbocycles. The molecule has 0 saturated heterocycles. The van der Waals surface area contributed by atoms with E-state index < -0.39 is 6.10 Å². The molecule has 4 N–H and O–H groups in total. The Morgan fingerprint density at radius 2 is 2.13 bits per heavy atom. The van der Waals surface area contributed by atoms with Crippen LogP contribution in [0.4, 0.5) is 0 Å². The first-order valence-electron chi connectivity index (χ1n) is 7.17. The van der Waals surface area contributed by atoms with Crippen LogP contribution in [0.1, 0.15) is 22.1 Å². The van der Waals surface area contributed by atoms with Crippen LogP contribution in [0, 0.1) is 6.92 Å². The molecule has 0 aliphatic carbocycles. The van der Waals surface area contributed by atoms with Gasteiger partial charge in [-0.1, -0.05) is 6.07 Å². The van der Waals surface area contributed by atoms with E-state index in [0.29, 0.717) is 29.6 Å². The van der Waals surface area contributed by atoms with E-state index in [2.05, 4.69) is 17.2 Å². The Balaban J connectivity index is 1.77. The van der Waals surface area contributed by atoms with Crippen molar-refractivity contribution >= 4 is 22.2 Å². The van der Waals surface area contributed by atoms with Crippen molar-refractivity contribution in [3.05, 3.63) is 69.0 Å². The van der Waals surface area contributed by atoms with Gasteiger partial charge in [0.15, 0.2) is 0 Å². The highest BCUT2D eigenvalue weighted by molar-refractivity contribution is 7.10. The number of benzene rings is 1. The average molecular weight is 329 g/mol. The van der Waals surface area contributed by atoms with Crippen LogP contribution in [0.15, 0.2) is 40.5 Å². The van der Waals surface area contributed by atoms with Gasteiger partial charge in [0.2, 0.25) is 5.56 Å². The Hall–Kier alpha value is -2.15. The van der Waals surface area contributed by atoms with E-state index in [-0.39, 0.29) is 11.3 Å². The molecule has 1 radical (unpaired) electrons. The third-order valence-corrected chi connectivity index (χ3v) is 4.60. The van der Waals surface area contributed by atoms with Gasteiger partial charge < -0.3 is 20.5 Å². The van der Waals surface area contributed by atoms with E-state index in [0.717, 1.165) is 10.4 Å². The zero-order valence-corrected chi connectivity index (χ0v) is 13.2. The molecule has 6 heteroatoms. The number of H-pyrrole nitrogens is 1. The highest BCUT2D eigenvalue weighted by Gasteiger charge is 2.13. The molecule has 2 heterocycles. The Morgan fingerprint density at radius 1 is 1.30 bits per heavy atom. The van der Waals surface area contributed by atoms with Crippen molar-refractivity contribution in [2.24, 2.45) is 0 Å². The molecule has 0 aliphatic rings. The fourth-order valence-electron chi connectivity index (χ4n) is 2.51.